The zero-order valence-electron chi connectivity index (χ0n) is 11.8. The summed E-state index contributed by atoms with van der Waals surface area (Å²) in [5.74, 6) is 1.50. The third-order valence-corrected chi connectivity index (χ3v) is 3.88. The maximum atomic E-state index is 4.62. The van der Waals surface area contributed by atoms with Crippen molar-refractivity contribution in [1.29, 1.82) is 0 Å². The minimum Gasteiger partial charge on any atom is -0.353 e. The van der Waals surface area contributed by atoms with Crippen molar-refractivity contribution in [2.75, 3.05) is 25.0 Å². The van der Waals surface area contributed by atoms with Crippen LogP contribution in [0.5, 0.6) is 0 Å². The van der Waals surface area contributed by atoms with Gasteiger partial charge < -0.3 is 10.2 Å². The molecule has 1 aliphatic heterocycles. The molecule has 3 rings (SSSR count). The Hall–Kier alpha value is -1.62. The molecule has 5 heteroatoms. The van der Waals surface area contributed by atoms with Gasteiger partial charge in [-0.1, -0.05) is 13.8 Å². The molecule has 0 radical (unpaired) electrons. The van der Waals surface area contributed by atoms with E-state index in [9.17, 15) is 0 Å². The summed E-state index contributed by atoms with van der Waals surface area (Å²) in [7, 11) is 2.03. The molecule has 0 spiro atoms. The minimum atomic E-state index is 0.441. The Balaban J connectivity index is 1.99. The van der Waals surface area contributed by atoms with Crippen LogP contribution < -0.4 is 10.2 Å². The van der Waals surface area contributed by atoms with E-state index in [0.29, 0.717) is 12.0 Å². The van der Waals surface area contributed by atoms with Crippen molar-refractivity contribution in [3.63, 3.8) is 0 Å². The molecule has 102 valence electrons. The Morgan fingerprint density at radius 2 is 2.26 bits per heavy atom. The highest BCUT2D eigenvalue weighted by Gasteiger charge is 2.24. The summed E-state index contributed by atoms with van der Waals surface area (Å²) in [5, 5.41) is 7.96. The van der Waals surface area contributed by atoms with Gasteiger partial charge in [0, 0.05) is 31.5 Å². The molecule has 1 atom stereocenters. The van der Waals surface area contributed by atoms with E-state index < -0.39 is 0 Å². The van der Waals surface area contributed by atoms with Gasteiger partial charge >= 0.3 is 0 Å². The van der Waals surface area contributed by atoms with Crippen molar-refractivity contribution < 1.29 is 0 Å². The third-order valence-electron chi connectivity index (χ3n) is 3.88. The lowest BCUT2D eigenvalue weighted by atomic mass is 10.1. The number of aromatic nitrogens is 3. The molecule has 0 aliphatic carbocycles. The molecule has 1 saturated heterocycles. The molecule has 0 aromatic carbocycles. The Morgan fingerprint density at radius 3 is 2.95 bits per heavy atom. The van der Waals surface area contributed by atoms with Crippen LogP contribution in [0.2, 0.25) is 0 Å². The van der Waals surface area contributed by atoms with Crippen molar-refractivity contribution in [3.05, 3.63) is 24.2 Å². The lowest BCUT2D eigenvalue weighted by Gasteiger charge is -2.17. The summed E-state index contributed by atoms with van der Waals surface area (Å²) in [6.45, 7) is 6.41. The van der Waals surface area contributed by atoms with E-state index in [1.54, 1.807) is 0 Å². The van der Waals surface area contributed by atoms with E-state index in [2.05, 4.69) is 40.2 Å². The van der Waals surface area contributed by atoms with Gasteiger partial charge in [-0.3, -0.25) is 0 Å². The van der Waals surface area contributed by atoms with Gasteiger partial charge in [-0.05, 0) is 25.5 Å². The van der Waals surface area contributed by atoms with E-state index in [-0.39, 0.29) is 0 Å². The molecule has 2 aromatic heterocycles. The van der Waals surface area contributed by atoms with Crippen molar-refractivity contribution >= 4 is 11.3 Å². The first-order valence-corrected chi connectivity index (χ1v) is 6.95. The third kappa shape index (κ3) is 2.18. The first-order chi connectivity index (χ1) is 9.19. The number of nitrogens with zero attached hydrogens (tertiary/aromatic N) is 4. The smallest absolute Gasteiger partial charge is 0.154 e. The summed E-state index contributed by atoms with van der Waals surface area (Å²) in [4.78, 5) is 6.92. The van der Waals surface area contributed by atoms with Crippen LogP contribution in [-0.4, -0.2) is 40.8 Å². The van der Waals surface area contributed by atoms with Crippen molar-refractivity contribution in [2.24, 2.45) is 0 Å². The topological polar surface area (TPSA) is 45.5 Å². The molecule has 0 amide bonds. The number of nitrogens with one attached hydrogen (secondary N) is 1. The van der Waals surface area contributed by atoms with Gasteiger partial charge in [-0.25, -0.2) is 9.50 Å². The van der Waals surface area contributed by atoms with Crippen LogP contribution in [0.4, 0.5) is 5.82 Å². The molecule has 1 N–H and O–H groups in total. The second-order valence-electron chi connectivity index (χ2n) is 5.52. The Morgan fingerprint density at radius 1 is 1.42 bits per heavy atom. The van der Waals surface area contributed by atoms with Gasteiger partial charge in [0.15, 0.2) is 5.82 Å². The highest BCUT2D eigenvalue weighted by molar-refractivity contribution is 5.69. The van der Waals surface area contributed by atoms with E-state index in [1.807, 2.05) is 24.0 Å². The lowest BCUT2D eigenvalue weighted by Crippen LogP contribution is -2.30. The average Bonchev–Trinajstić information content (AvgIpc) is 3.04. The largest absolute Gasteiger partial charge is 0.353 e. The van der Waals surface area contributed by atoms with Crippen molar-refractivity contribution in [2.45, 2.75) is 32.2 Å². The van der Waals surface area contributed by atoms with E-state index >= 15 is 0 Å². The number of fused-ring (bicyclic) bond motifs is 1. The van der Waals surface area contributed by atoms with E-state index in [0.717, 1.165) is 30.1 Å². The zero-order chi connectivity index (χ0) is 13.4. The quantitative estimate of drug-likeness (QED) is 0.910. The fourth-order valence-corrected chi connectivity index (χ4v) is 2.64. The SMILES string of the molecule is CNC1CCN(c2nccn3nc(C(C)C)cc23)C1. The maximum Gasteiger partial charge on any atom is 0.154 e. The molecular weight excluding hydrogens is 238 g/mol. The summed E-state index contributed by atoms with van der Waals surface area (Å²) in [5.41, 5.74) is 2.24. The van der Waals surface area contributed by atoms with Gasteiger partial charge in [-0.2, -0.15) is 5.10 Å². The van der Waals surface area contributed by atoms with Crippen molar-refractivity contribution in [3.8, 4) is 0 Å². The molecule has 2 aromatic rings. The summed E-state index contributed by atoms with van der Waals surface area (Å²) in [6.07, 6.45) is 4.94. The first-order valence-electron chi connectivity index (χ1n) is 6.95. The predicted octanol–water partition coefficient (Wildman–Crippen LogP) is 1.65. The Bertz CT molecular complexity index is 574. The van der Waals surface area contributed by atoms with Gasteiger partial charge in [-0.15, -0.1) is 0 Å². The Labute approximate surface area is 113 Å². The maximum absolute atomic E-state index is 4.62. The fraction of sp³-hybridized carbons (Fsp3) is 0.571. The molecule has 1 unspecified atom stereocenters. The molecule has 1 fully saturated rings. The van der Waals surface area contributed by atoms with Crippen LogP contribution in [-0.2, 0) is 0 Å². The second kappa shape index (κ2) is 4.81. The monoisotopic (exact) mass is 259 g/mol. The van der Waals surface area contributed by atoms with Gasteiger partial charge in [0.1, 0.15) is 5.52 Å². The molecule has 19 heavy (non-hydrogen) atoms. The molecule has 0 bridgehead atoms. The van der Waals surface area contributed by atoms with Crippen LogP contribution in [0.1, 0.15) is 31.9 Å². The van der Waals surface area contributed by atoms with E-state index in [1.165, 1.54) is 6.42 Å². The summed E-state index contributed by atoms with van der Waals surface area (Å²) in [6, 6.07) is 2.73. The number of likely N-dealkylation sites (N-methyl/N-ethyl adjacent to an activating group) is 1. The standard InChI is InChI=1S/C14H21N5/c1-10(2)12-8-13-14(16-5-7-19(13)17-12)18-6-4-11(9-18)15-3/h5,7-8,10-11,15H,4,6,9H2,1-3H3. The zero-order valence-corrected chi connectivity index (χ0v) is 11.8. The van der Waals surface area contributed by atoms with Gasteiger partial charge in [0.25, 0.3) is 0 Å². The number of rotatable bonds is 3. The van der Waals surface area contributed by atoms with E-state index in [4.69, 9.17) is 0 Å². The van der Waals surface area contributed by atoms with Crippen LogP contribution in [0.3, 0.4) is 0 Å². The van der Waals surface area contributed by atoms with Crippen LogP contribution in [0.15, 0.2) is 18.5 Å². The molecule has 1 aliphatic rings. The van der Waals surface area contributed by atoms with Gasteiger partial charge in [0.2, 0.25) is 0 Å². The molecular formula is C14H21N5. The average molecular weight is 259 g/mol. The molecule has 3 heterocycles. The minimum absolute atomic E-state index is 0.441. The van der Waals surface area contributed by atoms with Crippen LogP contribution in [0.25, 0.3) is 5.52 Å². The highest BCUT2D eigenvalue weighted by Crippen LogP contribution is 2.25. The van der Waals surface area contributed by atoms with Crippen LogP contribution in [0, 0.1) is 0 Å². The van der Waals surface area contributed by atoms with Gasteiger partial charge in [0.05, 0.1) is 5.69 Å². The number of hydrogen-bond donors (Lipinski definition) is 1. The first kappa shape index (κ1) is 12.4. The summed E-state index contributed by atoms with van der Waals surface area (Å²) >= 11 is 0. The summed E-state index contributed by atoms with van der Waals surface area (Å²) < 4.78 is 1.95. The fourth-order valence-electron chi connectivity index (χ4n) is 2.64. The molecule has 5 nitrogen and oxygen atoms in total. The highest BCUT2D eigenvalue weighted by atomic mass is 15.3. The predicted molar refractivity (Wildman–Crippen MR) is 76.8 cm³/mol. The van der Waals surface area contributed by atoms with Crippen LogP contribution >= 0.6 is 0 Å². The normalized spacial score (nSPS) is 19.8. The lowest BCUT2D eigenvalue weighted by molar-refractivity contribution is 0.616. The number of anilines is 1. The molecule has 0 saturated carbocycles. The Kier molecular flexibility index (Phi) is 3.14. The van der Waals surface area contributed by atoms with Crippen molar-refractivity contribution in [1.82, 2.24) is 19.9 Å². The second-order valence-corrected chi connectivity index (χ2v) is 5.52. The number of hydrogen-bond acceptors (Lipinski definition) is 4.